The molecule has 0 amide bonds. The van der Waals surface area contributed by atoms with Crippen LogP contribution in [0.3, 0.4) is 0 Å². The van der Waals surface area contributed by atoms with Crippen LogP contribution in [0.4, 0.5) is 0 Å². The van der Waals surface area contributed by atoms with Crippen molar-refractivity contribution in [2.24, 2.45) is 0 Å². The van der Waals surface area contributed by atoms with Crippen LogP contribution in [0.15, 0.2) is 42.9 Å². The van der Waals surface area contributed by atoms with E-state index < -0.39 is 6.10 Å². The van der Waals surface area contributed by atoms with E-state index in [9.17, 15) is 5.11 Å². The lowest BCUT2D eigenvalue weighted by atomic mass is 10.1. The lowest BCUT2D eigenvalue weighted by Crippen LogP contribution is -2.51. The van der Waals surface area contributed by atoms with Gasteiger partial charge in [-0.1, -0.05) is 6.07 Å². The molecule has 1 fully saturated rings. The molecule has 0 aliphatic carbocycles. The summed E-state index contributed by atoms with van der Waals surface area (Å²) in [6.45, 7) is 4.81. The maximum Gasteiger partial charge on any atom is 0.128 e. The number of H-pyrrole nitrogens is 1. The number of hydrogen-bond donors (Lipinski definition) is 2. The van der Waals surface area contributed by atoms with Gasteiger partial charge in [-0.05, 0) is 30.7 Å². The normalized spacial score (nSPS) is 17.1. The molecule has 2 aromatic heterocycles. The van der Waals surface area contributed by atoms with Crippen molar-refractivity contribution in [3.8, 4) is 5.75 Å². The molecule has 126 valence electrons. The number of hydrogen-bond acceptors (Lipinski definition) is 4. The first kappa shape index (κ1) is 15.2. The number of fused-ring (bicyclic) bond motifs is 1. The molecule has 1 saturated heterocycles. The summed E-state index contributed by atoms with van der Waals surface area (Å²) >= 11 is 0. The van der Waals surface area contributed by atoms with E-state index in [1.165, 1.54) is 5.56 Å². The van der Waals surface area contributed by atoms with Crippen LogP contribution in [-0.4, -0.2) is 57.1 Å². The van der Waals surface area contributed by atoms with Gasteiger partial charge in [0.2, 0.25) is 0 Å². The molecule has 1 aliphatic rings. The SMILES string of the molecule is Cc1cnn(C2CN(CC(O)COc3cccc4[nH]ccc34)C2)c1. The Hall–Kier alpha value is -2.31. The number of β-amino-alcohol motifs (C(OH)–C–C–N with tert-alkyl or cyclic N) is 1. The van der Waals surface area contributed by atoms with Crippen LogP contribution in [0, 0.1) is 6.92 Å². The molecule has 1 atom stereocenters. The van der Waals surface area contributed by atoms with Crippen molar-refractivity contribution in [3.05, 3.63) is 48.4 Å². The van der Waals surface area contributed by atoms with Crippen LogP contribution >= 0.6 is 0 Å². The number of aryl methyl sites for hydroxylation is 1. The van der Waals surface area contributed by atoms with E-state index in [4.69, 9.17) is 4.74 Å². The predicted octanol–water partition coefficient (Wildman–Crippen LogP) is 1.97. The summed E-state index contributed by atoms with van der Waals surface area (Å²) in [4.78, 5) is 5.39. The second-order valence-electron chi connectivity index (χ2n) is 6.53. The molecule has 3 aromatic rings. The van der Waals surface area contributed by atoms with Crippen molar-refractivity contribution in [2.45, 2.75) is 19.1 Å². The first-order valence-electron chi connectivity index (χ1n) is 8.29. The van der Waals surface area contributed by atoms with E-state index in [0.717, 1.165) is 29.7 Å². The number of benzene rings is 1. The summed E-state index contributed by atoms with van der Waals surface area (Å²) in [7, 11) is 0. The highest BCUT2D eigenvalue weighted by Crippen LogP contribution is 2.25. The van der Waals surface area contributed by atoms with E-state index in [1.54, 1.807) is 0 Å². The monoisotopic (exact) mass is 326 g/mol. The largest absolute Gasteiger partial charge is 0.490 e. The van der Waals surface area contributed by atoms with Gasteiger partial charge in [0.25, 0.3) is 0 Å². The van der Waals surface area contributed by atoms with Crippen molar-refractivity contribution >= 4 is 10.9 Å². The number of aliphatic hydroxyl groups excluding tert-OH is 1. The van der Waals surface area contributed by atoms with E-state index in [-0.39, 0.29) is 0 Å². The van der Waals surface area contributed by atoms with Gasteiger partial charge in [0, 0.05) is 42.9 Å². The average molecular weight is 326 g/mol. The second-order valence-corrected chi connectivity index (χ2v) is 6.53. The summed E-state index contributed by atoms with van der Waals surface area (Å²) in [5.74, 6) is 0.807. The number of nitrogens with zero attached hydrogens (tertiary/aromatic N) is 3. The minimum Gasteiger partial charge on any atom is -0.490 e. The minimum atomic E-state index is -0.500. The summed E-state index contributed by atoms with van der Waals surface area (Å²) in [6.07, 6.45) is 5.34. The van der Waals surface area contributed by atoms with Crippen molar-refractivity contribution in [1.82, 2.24) is 19.7 Å². The Morgan fingerprint density at radius 2 is 2.25 bits per heavy atom. The van der Waals surface area contributed by atoms with E-state index >= 15 is 0 Å². The molecular formula is C18H22N4O2. The van der Waals surface area contributed by atoms with Crippen molar-refractivity contribution in [1.29, 1.82) is 0 Å². The Morgan fingerprint density at radius 1 is 1.38 bits per heavy atom. The van der Waals surface area contributed by atoms with Gasteiger partial charge in [0.15, 0.2) is 0 Å². The summed E-state index contributed by atoms with van der Waals surface area (Å²) in [5.41, 5.74) is 2.22. The third-order valence-corrected chi connectivity index (χ3v) is 4.50. The molecule has 0 radical (unpaired) electrons. The Kier molecular flexibility index (Phi) is 4.00. The number of likely N-dealkylation sites (tertiary alicyclic amines) is 1. The highest BCUT2D eigenvalue weighted by atomic mass is 16.5. The predicted molar refractivity (Wildman–Crippen MR) is 92.2 cm³/mol. The molecule has 1 aliphatic heterocycles. The Labute approximate surface area is 140 Å². The number of aliphatic hydroxyl groups is 1. The summed E-state index contributed by atoms with van der Waals surface area (Å²) < 4.78 is 7.82. The molecule has 0 saturated carbocycles. The zero-order chi connectivity index (χ0) is 16.5. The Morgan fingerprint density at radius 3 is 3.04 bits per heavy atom. The van der Waals surface area contributed by atoms with Crippen LogP contribution in [0.2, 0.25) is 0 Å². The smallest absolute Gasteiger partial charge is 0.128 e. The maximum atomic E-state index is 10.2. The molecular weight excluding hydrogens is 304 g/mol. The molecule has 2 N–H and O–H groups in total. The zero-order valence-electron chi connectivity index (χ0n) is 13.7. The fourth-order valence-electron chi connectivity index (χ4n) is 3.21. The van der Waals surface area contributed by atoms with E-state index in [0.29, 0.717) is 19.2 Å². The lowest BCUT2D eigenvalue weighted by Gasteiger charge is -2.40. The molecule has 0 bridgehead atoms. The highest BCUT2D eigenvalue weighted by Gasteiger charge is 2.30. The van der Waals surface area contributed by atoms with E-state index in [1.807, 2.05) is 48.3 Å². The first-order valence-corrected chi connectivity index (χ1v) is 8.29. The van der Waals surface area contributed by atoms with Crippen molar-refractivity contribution < 1.29 is 9.84 Å². The van der Waals surface area contributed by atoms with Gasteiger partial charge >= 0.3 is 0 Å². The van der Waals surface area contributed by atoms with Crippen LogP contribution in [0.25, 0.3) is 10.9 Å². The van der Waals surface area contributed by atoms with Gasteiger partial charge in [-0.2, -0.15) is 5.10 Å². The molecule has 6 heteroatoms. The molecule has 6 nitrogen and oxygen atoms in total. The fourth-order valence-corrected chi connectivity index (χ4v) is 3.21. The third-order valence-electron chi connectivity index (χ3n) is 4.50. The average Bonchev–Trinajstić information content (AvgIpc) is 3.17. The zero-order valence-corrected chi connectivity index (χ0v) is 13.7. The Bertz CT molecular complexity index is 819. The number of aromatic amines is 1. The van der Waals surface area contributed by atoms with Crippen LogP contribution < -0.4 is 4.74 Å². The van der Waals surface area contributed by atoms with Gasteiger partial charge < -0.3 is 14.8 Å². The topological polar surface area (TPSA) is 66.3 Å². The molecule has 1 aromatic carbocycles. The number of nitrogens with one attached hydrogen (secondary N) is 1. The molecule has 1 unspecified atom stereocenters. The summed E-state index contributed by atoms with van der Waals surface area (Å²) in [6, 6.07) is 8.30. The van der Waals surface area contributed by atoms with Crippen molar-refractivity contribution in [3.63, 3.8) is 0 Å². The van der Waals surface area contributed by atoms with Crippen LogP contribution in [0.1, 0.15) is 11.6 Å². The molecule has 3 heterocycles. The lowest BCUT2D eigenvalue weighted by molar-refractivity contribution is 0.0207. The fraction of sp³-hybridized carbons (Fsp3) is 0.389. The highest BCUT2D eigenvalue weighted by molar-refractivity contribution is 5.85. The number of ether oxygens (including phenoxy) is 1. The molecule has 0 spiro atoms. The molecule has 4 rings (SSSR count). The van der Waals surface area contributed by atoms with Gasteiger partial charge in [0.05, 0.1) is 12.2 Å². The quantitative estimate of drug-likeness (QED) is 0.727. The van der Waals surface area contributed by atoms with Gasteiger partial charge in [0.1, 0.15) is 18.5 Å². The minimum absolute atomic E-state index is 0.298. The second kappa shape index (κ2) is 6.30. The van der Waals surface area contributed by atoms with Gasteiger partial charge in [-0.25, -0.2) is 0 Å². The van der Waals surface area contributed by atoms with Crippen molar-refractivity contribution in [2.75, 3.05) is 26.2 Å². The van der Waals surface area contributed by atoms with E-state index in [2.05, 4.69) is 21.2 Å². The number of rotatable bonds is 6. The Balaban J connectivity index is 1.26. The van der Waals surface area contributed by atoms with Gasteiger partial charge in [-0.3, -0.25) is 9.58 Å². The number of aromatic nitrogens is 3. The third kappa shape index (κ3) is 3.02. The first-order chi connectivity index (χ1) is 11.7. The molecule has 24 heavy (non-hydrogen) atoms. The van der Waals surface area contributed by atoms with Crippen LogP contribution in [0.5, 0.6) is 5.75 Å². The maximum absolute atomic E-state index is 10.2. The van der Waals surface area contributed by atoms with Crippen LogP contribution in [-0.2, 0) is 0 Å². The summed E-state index contributed by atoms with van der Waals surface area (Å²) in [5, 5.41) is 15.6. The standard InChI is InChI=1S/C18H22N4O2/c1-13-7-20-22(8-13)14-9-21(10-14)11-15(23)12-24-18-4-2-3-17-16(18)5-6-19-17/h2-8,14-15,19,23H,9-12H2,1H3. The van der Waals surface area contributed by atoms with Gasteiger partial charge in [-0.15, -0.1) is 0 Å².